The number of imide groups is 1. The Bertz CT molecular complexity index is 1110. The molecule has 2 heterocycles. The van der Waals surface area contributed by atoms with Crippen LogP contribution in [0.1, 0.15) is 42.7 Å². The van der Waals surface area contributed by atoms with Gasteiger partial charge in [0.25, 0.3) is 0 Å². The van der Waals surface area contributed by atoms with E-state index in [0.29, 0.717) is 21.8 Å². The fourth-order valence-corrected chi connectivity index (χ4v) is 5.10. The molecule has 8 heteroatoms. The van der Waals surface area contributed by atoms with Crippen LogP contribution in [0.5, 0.6) is 0 Å². The minimum absolute atomic E-state index is 0.135. The summed E-state index contributed by atoms with van der Waals surface area (Å²) < 4.78 is 0. The Labute approximate surface area is 190 Å². The Hall–Kier alpha value is -3.03. The molecule has 4 rings (SSSR count). The predicted octanol–water partition coefficient (Wildman–Crippen LogP) is 3.47. The van der Waals surface area contributed by atoms with E-state index in [2.05, 4.69) is 5.32 Å². The lowest BCUT2D eigenvalue weighted by molar-refractivity contribution is -0.151. The maximum atomic E-state index is 13.6. The first-order chi connectivity index (χ1) is 15.1. The zero-order chi connectivity index (χ0) is 23.4. The summed E-state index contributed by atoms with van der Waals surface area (Å²) in [6.07, 6.45) is 0. The SMILES string of the molecule is CC(=O)c1ccc(N2C(=O)C3C(c4ccc(Cl)cc4)NC(C(=O)O)(C(C)C)C3C2=O)cc1. The van der Waals surface area contributed by atoms with Crippen molar-refractivity contribution in [2.24, 2.45) is 17.8 Å². The molecule has 32 heavy (non-hydrogen) atoms. The van der Waals surface area contributed by atoms with Crippen LogP contribution < -0.4 is 10.2 Å². The molecule has 4 atom stereocenters. The molecule has 4 unspecified atom stereocenters. The molecule has 7 nitrogen and oxygen atoms in total. The second kappa shape index (κ2) is 7.83. The van der Waals surface area contributed by atoms with Crippen LogP contribution in [-0.2, 0) is 14.4 Å². The van der Waals surface area contributed by atoms with Gasteiger partial charge in [-0.05, 0) is 54.8 Å². The van der Waals surface area contributed by atoms with E-state index in [1.54, 1.807) is 50.2 Å². The van der Waals surface area contributed by atoms with Crippen molar-refractivity contribution < 1.29 is 24.3 Å². The minimum atomic E-state index is -1.62. The van der Waals surface area contributed by atoms with Crippen molar-refractivity contribution >= 4 is 40.9 Å². The van der Waals surface area contributed by atoms with Crippen molar-refractivity contribution in [2.75, 3.05) is 4.90 Å². The third-order valence-electron chi connectivity index (χ3n) is 6.62. The molecule has 2 amide bonds. The molecule has 0 aliphatic carbocycles. The number of halogens is 1. The van der Waals surface area contributed by atoms with Crippen molar-refractivity contribution in [1.29, 1.82) is 0 Å². The number of aliphatic carboxylic acids is 1. The summed E-state index contributed by atoms with van der Waals surface area (Å²) in [5.41, 5.74) is -0.160. The fraction of sp³-hybridized carbons (Fsp3) is 0.333. The molecular weight excluding hydrogens is 432 g/mol. The number of carboxylic acid groups (broad SMARTS) is 1. The number of Topliss-reactive ketones (excluding diaryl/α,β-unsaturated/α-hetero) is 1. The van der Waals surface area contributed by atoms with E-state index in [1.165, 1.54) is 19.1 Å². The number of anilines is 1. The lowest BCUT2D eigenvalue weighted by Gasteiger charge is -2.34. The van der Waals surface area contributed by atoms with Gasteiger partial charge >= 0.3 is 5.97 Å². The number of nitrogens with zero attached hydrogens (tertiary/aromatic N) is 1. The highest BCUT2D eigenvalue weighted by Gasteiger charge is 2.69. The van der Waals surface area contributed by atoms with E-state index in [1.807, 2.05) is 0 Å². The fourth-order valence-electron chi connectivity index (χ4n) is 4.97. The van der Waals surface area contributed by atoms with Gasteiger partial charge in [-0.25, -0.2) is 4.90 Å². The summed E-state index contributed by atoms with van der Waals surface area (Å²) in [4.78, 5) is 52.4. The standard InChI is InChI=1S/C24H23ClN2O5/c1-12(2)24(23(31)32)19-18(20(26-24)15-4-8-16(25)9-5-15)21(29)27(22(19)30)17-10-6-14(7-11-17)13(3)28/h4-12,18-20,26H,1-3H3,(H,31,32). The number of amides is 2. The van der Waals surface area contributed by atoms with E-state index in [9.17, 15) is 24.3 Å². The van der Waals surface area contributed by atoms with Crippen LogP contribution in [0, 0.1) is 17.8 Å². The zero-order valence-corrected chi connectivity index (χ0v) is 18.6. The number of hydrogen-bond donors (Lipinski definition) is 2. The average molecular weight is 455 g/mol. The van der Waals surface area contributed by atoms with Crippen LogP contribution in [0.4, 0.5) is 5.69 Å². The van der Waals surface area contributed by atoms with Gasteiger partial charge in [-0.3, -0.25) is 24.5 Å². The second-order valence-corrected chi connectivity index (χ2v) is 9.06. The zero-order valence-electron chi connectivity index (χ0n) is 17.8. The number of rotatable bonds is 5. The molecule has 2 aromatic rings. The first-order valence-corrected chi connectivity index (χ1v) is 10.7. The third-order valence-corrected chi connectivity index (χ3v) is 6.87. The molecule has 166 valence electrons. The van der Waals surface area contributed by atoms with Crippen molar-refractivity contribution in [3.05, 3.63) is 64.7 Å². The summed E-state index contributed by atoms with van der Waals surface area (Å²) in [7, 11) is 0. The molecule has 2 aliphatic heterocycles. The number of benzene rings is 2. The van der Waals surface area contributed by atoms with Gasteiger partial charge in [-0.1, -0.05) is 37.6 Å². The van der Waals surface area contributed by atoms with Crippen molar-refractivity contribution in [2.45, 2.75) is 32.4 Å². The van der Waals surface area contributed by atoms with E-state index >= 15 is 0 Å². The van der Waals surface area contributed by atoms with Gasteiger partial charge < -0.3 is 5.11 Å². The normalized spacial score (nSPS) is 27.2. The number of ketones is 1. The second-order valence-electron chi connectivity index (χ2n) is 8.62. The highest BCUT2D eigenvalue weighted by molar-refractivity contribution is 6.30. The monoisotopic (exact) mass is 454 g/mol. The summed E-state index contributed by atoms with van der Waals surface area (Å²) in [5, 5.41) is 13.9. The van der Waals surface area contributed by atoms with E-state index in [4.69, 9.17) is 11.6 Å². The first-order valence-electron chi connectivity index (χ1n) is 10.3. The summed E-state index contributed by atoms with van der Waals surface area (Å²) >= 11 is 6.01. The van der Waals surface area contributed by atoms with Crippen LogP contribution in [-0.4, -0.2) is 34.2 Å². The van der Waals surface area contributed by atoms with Gasteiger partial charge in [0.1, 0.15) is 5.54 Å². The molecule has 2 saturated heterocycles. The van der Waals surface area contributed by atoms with Crippen molar-refractivity contribution in [1.82, 2.24) is 5.32 Å². The van der Waals surface area contributed by atoms with Gasteiger partial charge in [0, 0.05) is 16.6 Å². The molecule has 2 aliphatic rings. The highest BCUT2D eigenvalue weighted by atomic mass is 35.5. The molecule has 0 radical (unpaired) electrons. The van der Waals surface area contributed by atoms with Gasteiger partial charge in [0.05, 0.1) is 17.5 Å². The van der Waals surface area contributed by atoms with Gasteiger partial charge in [-0.15, -0.1) is 0 Å². The number of carbonyl (C=O) groups excluding carboxylic acids is 3. The summed E-state index contributed by atoms with van der Waals surface area (Å²) in [6.45, 7) is 4.88. The Morgan fingerprint density at radius 3 is 2.12 bits per heavy atom. The number of nitrogens with one attached hydrogen (secondary N) is 1. The third kappa shape index (κ3) is 3.15. The van der Waals surface area contributed by atoms with Gasteiger partial charge in [0.2, 0.25) is 11.8 Å². The topological polar surface area (TPSA) is 104 Å². The molecule has 2 fully saturated rings. The predicted molar refractivity (Wildman–Crippen MR) is 118 cm³/mol. The molecule has 0 bridgehead atoms. The Morgan fingerprint density at radius 2 is 1.62 bits per heavy atom. The lowest BCUT2D eigenvalue weighted by atomic mass is 9.73. The van der Waals surface area contributed by atoms with Crippen LogP contribution in [0.2, 0.25) is 5.02 Å². The smallest absolute Gasteiger partial charge is 0.325 e. The largest absolute Gasteiger partial charge is 0.480 e. The van der Waals surface area contributed by atoms with Crippen LogP contribution in [0.25, 0.3) is 0 Å². The maximum absolute atomic E-state index is 13.6. The maximum Gasteiger partial charge on any atom is 0.325 e. The number of fused-ring (bicyclic) bond motifs is 1. The number of carbonyl (C=O) groups is 4. The van der Waals surface area contributed by atoms with Crippen molar-refractivity contribution in [3.63, 3.8) is 0 Å². The molecular formula is C24H23ClN2O5. The lowest BCUT2D eigenvalue weighted by Crippen LogP contribution is -2.59. The molecule has 2 aromatic carbocycles. The van der Waals surface area contributed by atoms with Crippen LogP contribution in [0.3, 0.4) is 0 Å². The first kappa shape index (κ1) is 22.2. The van der Waals surface area contributed by atoms with Crippen molar-refractivity contribution in [3.8, 4) is 0 Å². The van der Waals surface area contributed by atoms with Crippen LogP contribution >= 0.6 is 11.6 Å². The Balaban J connectivity index is 1.84. The van der Waals surface area contributed by atoms with Gasteiger partial charge in [0.15, 0.2) is 5.78 Å². The average Bonchev–Trinajstić information content (AvgIpc) is 3.24. The number of hydrogen-bond acceptors (Lipinski definition) is 5. The highest BCUT2D eigenvalue weighted by Crippen LogP contribution is 2.52. The molecule has 2 N–H and O–H groups in total. The number of carboxylic acids is 1. The van der Waals surface area contributed by atoms with Crippen LogP contribution in [0.15, 0.2) is 48.5 Å². The van der Waals surface area contributed by atoms with E-state index < -0.39 is 47.1 Å². The van der Waals surface area contributed by atoms with E-state index in [0.717, 1.165) is 4.90 Å². The van der Waals surface area contributed by atoms with E-state index in [-0.39, 0.29) is 5.78 Å². The molecule has 0 spiro atoms. The Morgan fingerprint density at radius 1 is 1.03 bits per heavy atom. The quantitative estimate of drug-likeness (QED) is 0.529. The van der Waals surface area contributed by atoms with Gasteiger partial charge in [-0.2, -0.15) is 0 Å². The summed E-state index contributed by atoms with van der Waals surface area (Å²) in [5.74, 6) is -4.78. The Kier molecular flexibility index (Phi) is 5.43. The minimum Gasteiger partial charge on any atom is -0.480 e. The summed E-state index contributed by atoms with van der Waals surface area (Å²) in [6, 6.07) is 12.3. The molecule has 0 saturated carbocycles. The molecule has 0 aromatic heterocycles.